The maximum atomic E-state index is 5.71. The molecular formula is C20H22N2O2. The normalized spacial score (nSPS) is 10.5. The van der Waals surface area contributed by atoms with Gasteiger partial charge in [0.25, 0.3) is 0 Å². The molecular weight excluding hydrogens is 300 g/mol. The predicted octanol–water partition coefficient (Wildman–Crippen LogP) is 4.51. The third-order valence-corrected chi connectivity index (χ3v) is 3.64. The molecule has 0 aliphatic rings. The molecule has 0 spiro atoms. The Morgan fingerprint density at radius 3 is 2.67 bits per heavy atom. The highest BCUT2D eigenvalue weighted by Gasteiger charge is 2.05. The second-order valence-corrected chi connectivity index (χ2v) is 5.42. The average molecular weight is 322 g/mol. The lowest BCUT2D eigenvalue weighted by molar-refractivity contribution is 0.315. The van der Waals surface area contributed by atoms with Gasteiger partial charge in [0.05, 0.1) is 24.4 Å². The fourth-order valence-corrected chi connectivity index (χ4v) is 2.55. The van der Waals surface area contributed by atoms with Crippen molar-refractivity contribution in [2.45, 2.75) is 13.3 Å². The summed E-state index contributed by atoms with van der Waals surface area (Å²) in [6.45, 7) is 4.12. The Balaban J connectivity index is 1.59. The van der Waals surface area contributed by atoms with Crippen LogP contribution in [0.4, 0.5) is 5.69 Å². The van der Waals surface area contributed by atoms with E-state index in [1.807, 2.05) is 61.7 Å². The second kappa shape index (κ2) is 8.20. The summed E-state index contributed by atoms with van der Waals surface area (Å²) in [4.78, 5) is 4.48. The highest BCUT2D eigenvalue weighted by molar-refractivity contribution is 5.91. The average Bonchev–Trinajstić information content (AvgIpc) is 2.62. The first-order valence-corrected chi connectivity index (χ1v) is 8.30. The van der Waals surface area contributed by atoms with Crippen LogP contribution in [0.1, 0.15) is 13.3 Å². The van der Waals surface area contributed by atoms with E-state index in [1.165, 1.54) is 0 Å². The van der Waals surface area contributed by atoms with Gasteiger partial charge in [-0.1, -0.05) is 24.3 Å². The SMILES string of the molecule is CCOc1cc(NCCCOc2ccccc2)c2ncccc2c1. The lowest BCUT2D eigenvalue weighted by Crippen LogP contribution is -2.08. The third kappa shape index (κ3) is 4.16. The summed E-state index contributed by atoms with van der Waals surface area (Å²) in [6.07, 6.45) is 2.72. The number of aromatic nitrogens is 1. The molecule has 24 heavy (non-hydrogen) atoms. The van der Waals surface area contributed by atoms with Crippen LogP contribution in [0.15, 0.2) is 60.8 Å². The largest absolute Gasteiger partial charge is 0.494 e. The minimum absolute atomic E-state index is 0.649. The number of rotatable bonds is 8. The van der Waals surface area contributed by atoms with E-state index in [0.717, 1.165) is 41.1 Å². The highest BCUT2D eigenvalue weighted by atomic mass is 16.5. The molecule has 0 radical (unpaired) electrons. The molecule has 0 fully saturated rings. The molecule has 124 valence electrons. The highest BCUT2D eigenvalue weighted by Crippen LogP contribution is 2.27. The Hall–Kier alpha value is -2.75. The van der Waals surface area contributed by atoms with Crippen molar-refractivity contribution < 1.29 is 9.47 Å². The zero-order valence-corrected chi connectivity index (χ0v) is 13.9. The van der Waals surface area contributed by atoms with Gasteiger partial charge in [-0.05, 0) is 37.6 Å². The minimum atomic E-state index is 0.649. The number of nitrogens with one attached hydrogen (secondary N) is 1. The standard InChI is InChI=1S/C20H22N2O2/c1-2-23-18-14-16-8-6-11-22-20(16)19(15-18)21-12-7-13-24-17-9-4-3-5-10-17/h3-6,8-11,14-15,21H,2,7,12-13H2,1H3. The molecule has 1 heterocycles. The van der Waals surface area contributed by atoms with Crippen LogP contribution in [0.2, 0.25) is 0 Å². The molecule has 0 unspecified atom stereocenters. The van der Waals surface area contributed by atoms with Crippen molar-refractivity contribution in [3.63, 3.8) is 0 Å². The molecule has 0 amide bonds. The van der Waals surface area contributed by atoms with Crippen LogP contribution in [0.3, 0.4) is 0 Å². The number of fused-ring (bicyclic) bond motifs is 1. The molecule has 1 aromatic heterocycles. The third-order valence-electron chi connectivity index (χ3n) is 3.64. The fourth-order valence-electron chi connectivity index (χ4n) is 2.55. The van der Waals surface area contributed by atoms with Crippen LogP contribution in [-0.2, 0) is 0 Å². The quantitative estimate of drug-likeness (QED) is 0.620. The molecule has 0 aliphatic carbocycles. The van der Waals surface area contributed by atoms with Gasteiger partial charge in [-0.2, -0.15) is 0 Å². The molecule has 3 aromatic rings. The van der Waals surface area contributed by atoms with Gasteiger partial charge in [0.2, 0.25) is 0 Å². The van der Waals surface area contributed by atoms with E-state index in [0.29, 0.717) is 13.2 Å². The Labute approximate surface area is 142 Å². The van der Waals surface area contributed by atoms with Crippen molar-refractivity contribution in [3.8, 4) is 11.5 Å². The van der Waals surface area contributed by atoms with Crippen molar-refractivity contribution in [2.24, 2.45) is 0 Å². The Kier molecular flexibility index (Phi) is 5.51. The molecule has 4 nitrogen and oxygen atoms in total. The number of pyridine rings is 1. The first kappa shape index (κ1) is 16.1. The summed E-state index contributed by atoms with van der Waals surface area (Å²) in [7, 11) is 0. The van der Waals surface area contributed by atoms with Crippen LogP contribution in [0.25, 0.3) is 10.9 Å². The lowest BCUT2D eigenvalue weighted by Gasteiger charge is -2.12. The summed E-state index contributed by atoms with van der Waals surface area (Å²) in [5.41, 5.74) is 1.96. The number of hydrogen-bond acceptors (Lipinski definition) is 4. The fraction of sp³-hybridized carbons (Fsp3) is 0.250. The number of hydrogen-bond donors (Lipinski definition) is 1. The molecule has 1 N–H and O–H groups in total. The molecule has 2 aromatic carbocycles. The molecule has 0 saturated heterocycles. The number of benzene rings is 2. The zero-order valence-electron chi connectivity index (χ0n) is 13.9. The first-order valence-electron chi connectivity index (χ1n) is 8.30. The number of anilines is 1. The monoisotopic (exact) mass is 322 g/mol. The van der Waals surface area contributed by atoms with E-state index < -0.39 is 0 Å². The van der Waals surface area contributed by atoms with E-state index in [-0.39, 0.29) is 0 Å². The summed E-state index contributed by atoms with van der Waals surface area (Å²) in [6, 6.07) is 17.9. The van der Waals surface area contributed by atoms with Crippen LogP contribution in [0.5, 0.6) is 11.5 Å². The molecule has 0 aliphatic heterocycles. The summed E-state index contributed by atoms with van der Waals surface area (Å²) in [5.74, 6) is 1.77. The molecule has 0 atom stereocenters. The maximum absolute atomic E-state index is 5.71. The van der Waals surface area contributed by atoms with Gasteiger partial charge in [-0.15, -0.1) is 0 Å². The van der Waals surface area contributed by atoms with E-state index in [2.05, 4.69) is 16.4 Å². The van der Waals surface area contributed by atoms with E-state index in [1.54, 1.807) is 0 Å². The van der Waals surface area contributed by atoms with E-state index in [4.69, 9.17) is 9.47 Å². The van der Waals surface area contributed by atoms with E-state index in [9.17, 15) is 0 Å². The Bertz CT molecular complexity index is 775. The second-order valence-electron chi connectivity index (χ2n) is 5.42. The molecule has 3 rings (SSSR count). The van der Waals surface area contributed by atoms with Crippen LogP contribution in [0, 0.1) is 0 Å². The lowest BCUT2D eigenvalue weighted by atomic mass is 10.1. The van der Waals surface area contributed by atoms with Gasteiger partial charge in [0, 0.05) is 24.2 Å². The molecule has 0 saturated carbocycles. The predicted molar refractivity (Wildman–Crippen MR) is 98.0 cm³/mol. The van der Waals surface area contributed by atoms with Crippen molar-refractivity contribution in [2.75, 3.05) is 25.1 Å². The molecule has 0 bridgehead atoms. The van der Waals surface area contributed by atoms with Crippen LogP contribution >= 0.6 is 0 Å². The van der Waals surface area contributed by atoms with Crippen molar-refractivity contribution in [1.29, 1.82) is 0 Å². The summed E-state index contributed by atoms with van der Waals surface area (Å²) in [5, 5.41) is 4.53. The van der Waals surface area contributed by atoms with E-state index >= 15 is 0 Å². The smallest absolute Gasteiger partial charge is 0.122 e. The van der Waals surface area contributed by atoms with Crippen molar-refractivity contribution >= 4 is 16.6 Å². The van der Waals surface area contributed by atoms with Crippen LogP contribution < -0.4 is 14.8 Å². The summed E-state index contributed by atoms with van der Waals surface area (Å²) < 4.78 is 11.4. The van der Waals surface area contributed by atoms with Gasteiger partial charge < -0.3 is 14.8 Å². The Morgan fingerprint density at radius 1 is 0.958 bits per heavy atom. The van der Waals surface area contributed by atoms with Crippen LogP contribution in [-0.4, -0.2) is 24.7 Å². The Morgan fingerprint density at radius 2 is 1.83 bits per heavy atom. The maximum Gasteiger partial charge on any atom is 0.122 e. The van der Waals surface area contributed by atoms with Crippen molar-refractivity contribution in [3.05, 3.63) is 60.8 Å². The first-order chi connectivity index (χ1) is 11.9. The van der Waals surface area contributed by atoms with Gasteiger partial charge in [-0.25, -0.2) is 0 Å². The number of nitrogens with zero attached hydrogens (tertiary/aromatic N) is 1. The van der Waals surface area contributed by atoms with Gasteiger partial charge in [-0.3, -0.25) is 4.98 Å². The summed E-state index contributed by atoms with van der Waals surface area (Å²) >= 11 is 0. The minimum Gasteiger partial charge on any atom is -0.494 e. The van der Waals surface area contributed by atoms with Gasteiger partial charge >= 0.3 is 0 Å². The zero-order chi connectivity index (χ0) is 16.6. The van der Waals surface area contributed by atoms with Crippen molar-refractivity contribution in [1.82, 2.24) is 4.98 Å². The van der Waals surface area contributed by atoms with Gasteiger partial charge in [0.1, 0.15) is 11.5 Å². The topological polar surface area (TPSA) is 43.4 Å². The number of ether oxygens (including phenoxy) is 2. The number of para-hydroxylation sites is 1. The van der Waals surface area contributed by atoms with Gasteiger partial charge in [0.15, 0.2) is 0 Å². The molecule has 4 heteroatoms.